The van der Waals surface area contributed by atoms with Gasteiger partial charge in [0.05, 0.1) is 31.2 Å². The standard InChI is InChI=1S/C40H35F5N4O5/c1-23-19-30(49(20-24-9-13-27(52-2)14-10-24)21-25-11-15-28(53-3)16-12-25)48-38(34(23)40(43,44)45)32-29(35(41)33(39(47)51)37(46)36(32)42)17-18-31(50)54-22-26-7-5-4-6-8-26/h4-19H,20-22,46H2,1-3H3,(H2,47,51). The molecular weight excluding hydrogens is 711 g/mol. The van der Waals surface area contributed by atoms with Crippen LogP contribution < -0.4 is 25.8 Å². The van der Waals surface area contributed by atoms with Crippen molar-refractivity contribution in [3.8, 4) is 22.8 Å². The number of carbonyl (C=O) groups excluding carboxylic acids is 2. The number of rotatable bonds is 13. The Morgan fingerprint density at radius 2 is 1.39 bits per heavy atom. The molecule has 0 aliphatic heterocycles. The van der Waals surface area contributed by atoms with E-state index < -0.39 is 63.3 Å². The molecule has 1 heterocycles. The minimum absolute atomic E-state index is 0.0447. The van der Waals surface area contributed by atoms with Gasteiger partial charge in [-0.05, 0) is 65.6 Å². The number of aromatic nitrogens is 1. The zero-order chi connectivity index (χ0) is 39.2. The Kier molecular flexibility index (Phi) is 11.8. The molecule has 0 bridgehead atoms. The minimum Gasteiger partial charge on any atom is -0.497 e. The molecule has 5 rings (SSSR count). The third-order valence-electron chi connectivity index (χ3n) is 8.42. The van der Waals surface area contributed by atoms with E-state index in [9.17, 15) is 22.8 Å². The molecule has 0 saturated heterocycles. The van der Waals surface area contributed by atoms with Crippen molar-refractivity contribution < 1.29 is 45.8 Å². The number of halogens is 5. The van der Waals surface area contributed by atoms with Gasteiger partial charge in [-0.15, -0.1) is 0 Å². The first-order chi connectivity index (χ1) is 25.7. The van der Waals surface area contributed by atoms with Gasteiger partial charge in [-0.3, -0.25) is 4.79 Å². The second kappa shape index (κ2) is 16.5. The Hall–Kier alpha value is -6.44. The Balaban J connectivity index is 1.71. The molecule has 0 saturated carbocycles. The van der Waals surface area contributed by atoms with Crippen LogP contribution in [0.5, 0.6) is 11.5 Å². The average Bonchev–Trinajstić information content (AvgIpc) is 3.14. The SMILES string of the molecule is COc1ccc(CN(Cc2ccc(OC)cc2)c2cc(C)c(C(F)(F)F)c(-c3c(F)c(N)c(C(N)=O)c(F)c3C=CC(=O)OCc3ccccc3)n2)cc1. The van der Waals surface area contributed by atoms with Crippen molar-refractivity contribution in [2.75, 3.05) is 24.9 Å². The fourth-order valence-corrected chi connectivity index (χ4v) is 5.76. The smallest absolute Gasteiger partial charge is 0.418 e. The van der Waals surface area contributed by atoms with Crippen LogP contribution in [-0.4, -0.2) is 31.1 Å². The molecule has 0 fully saturated rings. The number of primary amides is 1. The summed E-state index contributed by atoms with van der Waals surface area (Å²) in [7, 11) is 3.01. The zero-order valence-electron chi connectivity index (χ0n) is 29.3. The number of hydrogen-bond donors (Lipinski definition) is 2. The predicted molar refractivity (Wildman–Crippen MR) is 193 cm³/mol. The molecule has 9 nitrogen and oxygen atoms in total. The van der Waals surface area contributed by atoms with Gasteiger partial charge in [0.2, 0.25) is 0 Å². The predicted octanol–water partition coefficient (Wildman–Crippen LogP) is 8.02. The van der Waals surface area contributed by atoms with Crippen molar-refractivity contribution in [3.63, 3.8) is 0 Å². The third-order valence-corrected chi connectivity index (χ3v) is 8.42. The van der Waals surface area contributed by atoms with Crippen LogP contribution in [0.25, 0.3) is 17.3 Å². The van der Waals surface area contributed by atoms with Crippen LogP contribution >= 0.6 is 0 Å². The minimum atomic E-state index is -5.14. The van der Waals surface area contributed by atoms with Crippen molar-refractivity contribution >= 4 is 29.5 Å². The van der Waals surface area contributed by atoms with Crippen LogP contribution in [0, 0.1) is 18.6 Å². The van der Waals surface area contributed by atoms with Crippen LogP contribution in [0.1, 0.15) is 43.7 Å². The van der Waals surface area contributed by atoms with E-state index in [1.54, 1.807) is 83.8 Å². The van der Waals surface area contributed by atoms with Crippen LogP contribution in [0.15, 0.2) is 91.0 Å². The Morgan fingerprint density at radius 3 is 1.89 bits per heavy atom. The van der Waals surface area contributed by atoms with Crippen LogP contribution in [0.4, 0.5) is 33.5 Å². The summed E-state index contributed by atoms with van der Waals surface area (Å²) in [5.41, 5.74) is 6.15. The second-order valence-electron chi connectivity index (χ2n) is 12.1. The summed E-state index contributed by atoms with van der Waals surface area (Å²) in [5.74, 6) is -4.59. The van der Waals surface area contributed by atoms with Crippen LogP contribution in [0.2, 0.25) is 0 Å². The normalized spacial score (nSPS) is 11.4. The Labute approximate surface area is 307 Å². The number of esters is 1. The number of aryl methyl sites for hydroxylation is 1. The first-order valence-electron chi connectivity index (χ1n) is 16.3. The van der Waals surface area contributed by atoms with Crippen molar-refractivity contribution in [1.29, 1.82) is 0 Å². The number of hydrogen-bond acceptors (Lipinski definition) is 8. The zero-order valence-corrected chi connectivity index (χ0v) is 29.3. The molecule has 1 aromatic heterocycles. The number of carbonyl (C=O) groups is 2. The number of benzene rings is 4. The summed E-state index contributed by atoms with van der Waals surface area (Å²) in [4.78, 5) is 30.9. The third kappa shape index (κ3) is 8.77. The van der Waals surface area contributed by atoms with Crippen LogP contribution in [0.3, 0.4) is 0 Å². The van der Waals surface area contributed by atoms with Gasteiger partial charge in [0, 0.05) is 30.3 Å². The molecule has 5 aromatic rings. The number of amides is 1. The Morgan fingerprint density at radius 1 is 0.833 bits per heavy atom. The highest BCUT2D eigenvalue weighted by Gasteiger charge is 2.40. The quantitative estimate of drug-likeness (QED) is 0.0537. The van der Waals surface area contributed by atoms with Gasteiger partial charge in [-0.2, -0.15) is 13.2 Å². The summed E-state index contributed by atoms with van der Waals surface area (Å²) in [6, 6.07) is 23.6. The molecular formula is C40H35F5N4O5. The van der Waals surface area contributed by atoms with Crippen molar-refractivity contribution in [2.24, 2.45) is 5.73 Å². The number of alkyl halides is 3. The molecule has 0 aliphatic rings. The summed E-state index contributed by atoms with van der Waals surface area (Å²) >= 11 is 0. The van der Waals surface area contributed by atoms with E-state index in [-0.39, 0.29) is 31.1 Å². The highest BCUT2D eigenvalue weighted by Crippen LogP contribution is 2.44. The van der Waals surface area contributed by atoms with Crippen molar-refractivity contribution in [3.05, 3.63) is 142 Å². The van der Waals surface area contributed by atoms with Gasteiger partial charge in [0.1, 0.15) is 35.3 Å². The topological polar surface area (TPSA) is 130 Å². The number of anilines is 2. The summed E-state index contributed by atoms with van der Waals surface area (Å²) in [6.45, 7) is 1.17. The molecule has 0 spiro atoms. The number of ether oxygens (including phenoxy) is 3. The van der Waals surface area contributed by atoms with Gasteiger partial charge >= 0.3 is 12.1 Å². The molecule has 280 valence electrons. The van der Waals surface area contributed by atoms with Gasteiger partial charge in [0.15, 0.2) is 5.82 Å². The highest BCUT2D eigenvalue weighted by atomic mass is 19.4. The number of nitrogens with two attached hydrogens (primary N) is 2. The molecule has 0 aliphatic carbocycles. The fourth-order valence-electron chi connectivity index (χ4n) is 5.76. The first-order valence-corrected chi connectivity index (χ1v) is 16.3. The number of nitrogen functional groups attached to an aromatic ring is 1. The van der Waals surface area contributed by atoms with Gasteiger partial charge in [-0.1, -0.05) is 54.6 Å². The maximum absolute atomic E-state index is 16.4. The summed E-state index contributed by atoms with van der Waals surface area (Å²) in [5, 5.41) is 0. The maximum atomic E-state index is 16.4. The summed E-state index contributed by atoms with van der Waals surface area (Å²) < 4.78 is 93.1. The lowest BCUT2D eigenvalue weighted by Crippen LogP contribution is -2.25. The van der Waals surface area contributed by atoms with Crippen LogP contribution in [-0.2, 0) is 35.4 Å². The van der Waals surface area contributed by atoms with Gasteiger partial charge in [0.25, 0.3) is 5.91 Å². The largest absolute Gasteiger partial charge is 0.497 e. The second-order valence-corrected chi connectivity index (χ2v) is 12.1. The molecule has 0 radical (unpaired) electrons. The average molecular weight is 747 g/mol. The van der Waals surface area contributed by atoms with Gasteiger partial charge in [-0.25, -0.2) is 18.6 Å². The van der Waals surface area contributed by atoms with Crippen molar-refractivity contribution in [2.45, 2.75) is 32.8 Å². The fraction of sp³-hybridized carbons (Fsp3) is 0.175. The molecule has 4 aromatic carbocycles. The molecule has 4 N–H and O–H groups in total. The van der Waals surface area contributed by atoms with Gasteiger partial charge < -0.3 is 30.6 Å². The monoisotopic (exact) mass is 746 g/mol. The number of pyridine rings is 1. The van der Waals surface area contributed by atoms with E-state index in [0.717, 1.165) is 18.1 Å². The molecule has 0 atom stereocenters. The van der Waals surface area contributed by atoms with E-state index in [0.29, 0.717) is 29.2 Å². The van der Waals surface area contributed by atoms with E-state index >= 15 is 8.78 Å². The molecule has 14 heteroatoms. The molecule has 0 unspecified atom stereocenters. The van der Waals surface area contributed by atoms with E-state index in [4.69, 9.17) is 25.7 Å². The number of nitrogens with zero attached hydrogens (tertiary/aromatic N) is 2. The maximum Gasteiger partial charge on any atom is 0.418 e. The van der Waals surface area contributed by atoms with E-state index in [1.165, 1.54) is 20.3 Å². The van der Waals surface area contributed by atoms with Crippen molar-refractivity contribution in [1.82, 2.24) is 4.98 Å². The molecule has 54 heavy (non-hydrogen) atoms. The number of methoxy groups -OCH3 is 2. The first kappa shape index (κ1) is 38.8. The lowest BCUT2D eigenvalue weighted by Gasteiger charge is -2.27. The van der Waals surface area contributed by atoms with E-state index in [2.05, 4.69) is 4.98 Å². The summed E-state index contributed by atoms with van der Waals surface area (Å²) in [6.07, 6.45) is -3.75. The van der Waals surface area contributed by atoms with E-state index in [1.807, 2.05) is 0 Å². The lowest BCUT2D eigenvalue weighted by atomic mass is 9.92. The lowest BCUT2D eigenvalue weighted by molar-refractivity contribution is -0.139. The molecule has 1 amide bonds. The highest BCUT2D eigenvalue weighted by molar-refractivity contribution is 6.01. The Bertz CT molecular complexity index is 2130.